The molecule has 128 valence electrons. The van der Waals surface area contributed by atoms with Gasteiger partial charge in [0.15, 0.2) is 5.76 Å². The molecule has 4 aromatic heterocycles. The maximum atomic E-state index is 5.87. The monoisotopic (exact) mass is 345 g/mol. The highest BCUT2D eigenvalue weighted by molar-refractivity contribution is 5.69. The summed E-state index contributed by atoms with van der Waals surface area (Å²) in [5.74, 6) is 2.15. The summed E-state index contributed by atoms with van der Waals surface area (Å²) in [6, 6.07) is 12.9. The molecule has 26 heavy (non-hydrogen) atoms. The fraction of sp³-hybridized carbons (Fsp3) is 0.0526. The van der Waals surface area contributed by atoms with Crippen LogP contribution in [0.4, 0.5) is 5.82 Å². The second-order valence-electron chi connectivity index (χ2n) is 5.59. The molecule has 0 amide bonds. The Morgan fingerprint density at radius 3 is 2.69 bits per heavy atom. The van der Waals surface area contributed by atoms with Crippen LogP contribution in [0.3, 0.4) is 0 Å². The number of anilines is 1. The van der Waals surface area contributed by atoms with Gasteiger partial charge in [-0.3, -0.25) is 4.98 Å². The number of aromatic nitrogens is 4. The summed E-state index contributed by atoms with van der Waals surface area (Å²) in [6.07, 6.45) is 7.30. The minimum atomic E-state index is 0.411. The summed E-state index contributed by atoms with van der Waals surface area (Å²) in [6.45, 7) is 0. The Hall–Kier alpha value is -3.74. The summed E-state index contributed by atoms with van der Waals surface area (Å²) in [5, 5.41) is 4.09. The zero-order chi connectivity index (χ0) is 17.8. The number of ether oxygens (including phenoxy) is 1. The molecule has 4 heterocycles. The number of hydrogen-bond acceptors (Lipinski definition) is 7. The standard InChI is InChI=1S/C19H15N5O2/c20-19-16(4-2-8-22-19)17-10-14(24-26-17)9-13-5-6-18(23-11-13)25-15-3-1-7-21-12-15/h1-8,10-12H,9H2,(H2,20,22). The normalized spacial score (nSPS) is 10.6. The van der Waals surface area contributed by atoms with Crippen molar-refractivity contribution in [3.8, 4) is 23.0 Å². The van der Waals surface area contributed by atoms with Crippen molar-refractivity contribution in [3.05, 3.63) is 78.5 Å². The average Bonchev–Trinajstić information content (AvgIpc) is 3.13. The fourth-order valence-electron chi connectivity index (χ4n) is 2.46. The van der Waals surface area contributed by atoms with Crippen LogP contribution in [0.5, 0.6) is 11.6 Å². The molecule has 4 aromatic rings. The number of pyridine rings is 3. The molecule has 0 aliphatic heterocycles. The number of hydrogen-bond donors (Lipinski definition) is 1. The molecular weight excluding hydrogens is 330 g/mol. The molecule has 0 radical (unpaired) electrons. The maximum absolute atomic E-state index is 5.87. The van der Waals surface area contributed by atoms with Crippen LogP contribution >= 0.6 is 0 Å². The van der Waals surface area contributed by atoms with E-state index in [0.717, 1.165) is 16.8 Å². The molecule has 0 aromatic carbocycles. The smallest absolute Gasteiger partial charge is 0.219 e. The van der Waals surface area contributed by atoms with Crippen LogP contribution in [0, 0.1) is 0 Å². The minimum absolute atomic E-state index is 0.411. The lowest BCUT2D eigenvalue weighted by molar-refractivity contribution is 0.425. The lowest BCUT2D eigenvalue weighted by Gasteiger charge is -2.04. The quantitative estimate of drug-likeness (QED) is 0.591. The molecule has 0 saturated heterocycles. The Balaban J connectivity index is 1.46. The van der Waals surface area contributed by atoms with Crippen molar-refractivity contribution in [1.29, 1.82) is 0 Å². The lowest BCUT2D eigenvalue weighted by atomic mass is 10.1. The molecular formula is C19H15N5O2. The highest BCUT2D eigenvalue weighted by atomic mass is 16.5. The maximum Gasteiger partial charge on any atom is 0.219 e. The van der Waals surface area contributed by atoms with E-state index in [2.05, 4.69) is 20.1 Å². The molecule has 4 rings (SSSR count). The molecule has 0 fully saturated rings. The van der Waals surface area contributed by atoms with Crippen molar-refractivity contribution in [2.75, 3.05) is 5.73 Å². The van der Waals surface area contributed by atoms with Crippen LogP contribution < -0.4 is 10.5 Å². The summed E-state index contributed by atoms with van der Waals surface area (Å²) < 4.78 is 11.0. The summed E-state index contributed by atoms with van der Waals surface area (Å²) in [5.41, 5.74) is 8.37. The minimum Gasteiger partial charge on any atom is -0.437 e. The van der Waals surface area contributed by atoms with Gasteiger partial charge >= 0.3 is 0 Å². The molecule has 0 unspecified atom stereocenters. The van der Waals surface area contributed by atoms with Crippen molar-refractivity contribution in [2.45, 2.75) is 6.42 Å². The largest absolute Gasteiger partial charge is 0.437 e. The topological polar surface area (TPSA) is 100.0 Å². The highest BCUT2D eigenvalue weighted by Gasteiger charge is 2.11. The van der Waals surface area contributed by atoms with Crippen molar-refractivity contribution in [3.63, 3.8) is 0 Å². The lowest BCUT2D eigenvalue weighted by Crippen LogP contribution is -1.92. The average molecular weight is 345 g/mol. The Morgan fingerprint density at radius 2 is 1.92 bits per heavy atom. The molecule has 7 heteroatoms. The van der Waals surface area contributed by atoms with E-state index in [4.69, 9.17) is 15.0 Å². The van der Waals surface area contributed by atoms with Crippen molar-refractivity contribution in [2.24, 2.45) is 0 Å². The SMILES string of the molecule is Nc1ncccc1-c1cc(Cc2ccc(Oc3cccnc3)nc2)no1. The van der Waals surface area contributed by atoms with Gasteiger partial charge in [-0.15, -0.1) is 0 Å². The molecule has 0 aliphatic rings. The van der Waals surface area contributed by atoms with Gasteiger partial charge in [-0.25, -0.2) is 9.97 Å². The third kappa shape index (κ3) is 3.51. The first kappa shape index (κ1) is 15.8. The zero-order valence-corrected chi connectivity index (χ0v) is 13.7. The van der Waals surface area contributed by atoms with Gasteiger partial charge in [0.2, 0.25) is 5.88 Å². The predicted molar refractivity (Wildman–Crippen MR) is 95.5 cm³/mol. The molecule has 0 bridgehead atoms. The first-order valence-corrected chi connectivity index (χ1v) is 7.97. The number of rotatable bonds is 5. The third-order valence-corrected chi connectivity index (χ3v) is 3.70. The highest BCUT2D eigenvalue weighted by Crippen LogP contribution is 2.25. The van der Waals surface area contributed by atoms with Gasteiger partial charge in [-0.05, 0) is 29.8 Å². The molecule has 0 spiro atoms. The fourth-order valence-corrected chi connectivity index (χ4v) is 2.46. The van der Waals surface area contributed by atoms with Crippen molar-refractivity contribution in [1.82, 2.24) is 20.1 Å². The van der Waals surface area contributed by atoms with Crippen LogP contribution in [0.1, 0.15) is 11.3 Å². The molecule has 2 N–H and O–H groups in total. The van der Waals surface area contributed by atoms with E-state index in [0.29, 0.717) is 29.6 Å². The van der Waals surface area contributed by atoms with Crippen molar-refractivity contribution < 1.29 is 9.26 Å². The summed E-state index contributed by atoms with van der Waals surface area (Å²) in [7, 11) is 0. The number of nitrogens with zero attached hydrogens (tertiary/aromatic N) is 4. The van der Waals surface area contributed by atoms with Crippen LogP contribution in [0.15, 0.2) is 71.8 Å². The van der Waals surface area contributed by atoms with Crippen LogP contribution in [0.25, 0.3) is 11.3 Å². The van der Waals surface area contributed by atoms with Crippen LogP contribution in [-0.2, 0) is 6.42 Å². The Labute approximate surface area is 149 Å². The second kappa shape index (κ2) is 7.02. The summed E-state index contributed by atoms with van der Waals surface area (Å²) >= 11 is 0. The number of nitrogens with two attached hydrogens (primary N) is 1. The molecule has 7 nitrogen and oxygen atoms in total. The van der Waals surface area contributed by atoms with Gasteiger partial charge in [-0.2, -0.15) is 0 Å². The van der Waals surface area contributed by atoms with Crippen LogP contribution in [-0.4, -0.2) is 20.1 Å². The van der Waals surface area contributed by atoms with Gasteiger partial charge in [0.25, 0.3) is 0 Å². The van der Waals surface area contributed by atoms with Gasteiger partial charge in [0.05, 0.1) is 17.5 Å². The first-order chi connectivity index (χ1) is 12.8. The van der Waals surface area contributed by atoms with E-state index in [9.17, 15) is 0 Å². The summed E-state index contributed by atoms with van der Waals surface area (Å²) in [4.78, 5) is 12.4. The molecule has 0 atom stereocenters. The Bertz CT molecular complexity index is 1000. The van der Waals surface area contributed by atoms with E-state index in [1.54, 1.807) is 36.9 Å². The second-order valence-corrected chi connectivity index (χ2v) is 5.59. The Kier molecular flexibility index (Phi) is 4.26. The van der Waals surface area contributed by atoms with E-state index in [1.165, 1.54) is 0 Å². The first-order valence-electron chi connectivity index (χ1n) is 7.97. The predicted octanol–water partition coefficient (Wildman–Crippen LogP) is 3.49. The molecule has 0 aliphatic carbocycles. The van der Waals surface area contributed by atoms with Gasteiger partial charge in [-0.1, -0.05) is 11.2 Å². The molecule has 0 saturated carbocycles. The van der Waals surface area contributed by atoms with Gasteiger partial charge < -0.3 is 15.0 Å². The van der Waals surface area contributed by atoms with E-state index in [1.807, 2.05) is 30.3 Å². The number of nitrogen functional groups attached to an aromatic ring is 1. The van der Waals surface area contributed by atoms with Crippen molar-refractivity contribution >= 4 is 5.82 Å². The van der Waals surface area contributed by atoms with E-state index in [-0.39, 0.29) is 0 Å². The van der Waals surface area contributed by atoms with Gasteiger partial charge in [0, 0.05) is 37.1 Å². The van der Waals surface area contributed by atoms with E-state index >= 15 is 0 Å². The third-order valence-electron chi connectivity index (χ3n) is 3.70. The van der Waals surface area contributed by atoms with Crippen LogP contribution in [0.2, 0.25) is 0 Å². The van der Waals surface area contributed by atoms with E-state index < -0.39 is 0 Å². The van der Waals surface area contributed by atoms with Gasteiger partial charge in [0.1, 0.15) is 11.6 Å². The Morgan fingerprint density at radius 1 is 1.00 bits per heavy atom. The zero-order valence-electron chi connectivity index (χ0n) is 13.7.